The molecular formula is C9H8N2OS. The van der Waals surface area contributed by atoms with E-state index in [2.05, 4.69) is 4.98 Å². The van der Waals surface area contributed by atoms with Gasteiger partial charge in [-0.15, -0.1) is 11.3 Å². The number of hydrogen-bond acceptors (Lipinski definition) is 3. The normalized spacial score (nSPS) is 10.2. The van der Waals surface area contributed by atoms with Crippen LogP contribution in [0.5, 0.6) is 0 Å². The van der Waals surface area contributed by atoms with Gasteiger partial charge in [-0.1, -0.05) is 0 Å². The molecule has 0 atom stereocenters. The molecule has 0 aliphatic heterocycles. The average molecular weight is 192 g/mol. The van der Waals surface area contributed by atoms with Gasteiger partial charge in [0.1, 0.15) is 5.82 Å². The van der Waals surface area contributed by atoms with Gasteiger partial charge in [-0.05, 0) is 6.07 Å². The van der Waals surface area contributed by atoms with E-state index < -0.39 is 0 Å². The van der Waals surface area contributed by atoms with E-state index in [1.54, 1.807) is 6.20 Å². The quantitative estimate of drug-likeness (QED) is 0.682. The number of rotatable bonds is 2. The molecule has 0 aromatic carbocycles. The zero-order valence-corrected chi connectivity index (χ0v) is 7.91. The molecule has 0 amide bonds. The molecule has 2 aromatic heterocycles. The summed E-state index contributed by atoms with van der Waals surface area (Å²) in [6.45, 7) is 0. The number of carbonyl (C=O) groups excluding carboxylic acids is 1. The molecule has 0 bridgehead atoms. The molecule has 0 aliphatic rings. The van der Waals surface area contributed by atoms with Gasteiger partial charge >= 0.3 is 0 Å². The fourth-order valence-electron chi connectivity index (χ4n) is 1.18. The van der Waals surface area contributed by atoms with Crippen molar-refractivity contribution in [2.45, 2.75) is 0 Å². The van der Waals surface area contributed by atoms with Gasteiger partial charge in [-0.2, -0.15) is 0 Å². The Kier molecular flexibility index (Phi) is 1.98. The van der Waals surface area contributed by atoms with Crippen LogP contribution in [-0.2, 0) is 7.05 Å². The van der Waals surface area contributed by atoms with Crippen molar-refractivity contribution in [3.05, 3.63) is 28.7 Å². The van der Waals surface area contributed by atoms with Gasteiger partial charge < -0.3 is 4.57 Å². The highest BCUT2D eigenvalue weighted by Crippen LogP contribution is 2.22. The molecule has 0 N–H and O–H groups in total. The van der Waals surface area contributed by atoms with Crippen LogP contribution >= 0.6 is 11.3 Å². The van der Waals surface area contributed by atoms with Crippen LogP contribution in [0.3, 0.4) is 0 Å². The monoisotopic (exact) mass is 192 g/mol. The van der Waals surface area contributed by atoms with Gasteiger partial charge in [-0.25, -0.2) is 4.98 Å². The Balaban J connectivity index is 2.46. The Hall–Kier alpha value is -1.42. The van der Waals surface area contributed by atoms with Crippen molar-refractivity contribution in [2.24, 2.45) is 7.05 Å². The molecular weight excluding hydrogens is 184 g/mol. The zero-order valence-electron chi connectivity index (χ0n) is 7.10. The highest BCUT2D eigenvalue weighted by atomic mass is 32.1. The summed E-state index contributed by atoms with van der Waals surface area (Å²) in [7, 11) is 1.93. The Morgan fingerprint density at radius 3 is 3.00 bits per heavy atom. The molecule has 0 radical (unpaired) electrons. The van der Waals surface area contributed by atoms with E-state index in [-0.39, 0.29) is 0 Å². The van der Waals surface area contributed by atoms with Crippen LogP contribution in [0.1, 0.15) is 9.67 Å². The largest absolute Gasteiger partial charge is 0.334 e. The molecule has 0 spiro atoms. The summed E-state index contributed by atoms with van der Waals surface area (Å²) in [6.07, 6.45) is 4.48. The fourth-order valence-corrected chi connectivity index (χ4v) is 1.86. The first-order valence-electron chi connectivity index (χ1n) is 3.82. The van der Waals surface area contributed by atoms with E-state index in [0.29, 0.717) is 0 Å². The summed E-state index contributed by atoms with van der Waals surface area (Å²) in [5, 5.41) is 1.94. The van der Waals surface area contributed by atoms with Crippen molar-refractivity contribution in [2.75, 3.05) is 0 Å². The first-order chi connectivity index (χ1) is 6.31. The summed E-state index contributed by atoms with van der Waals surface area (Å²) in [6, 6.07) is 1.85. The molecule has 2 aromatic rings. The predicted octanol–water partition coefficient (Wildman–Crippen LogP) is 1.96. The molecule has 4 heteroatoms. The standard InChI is InChI=1S/C9H8N2OS/c1-11-3-2-10-9(11)7-4-8(5-12)13-6-7/h2-6H,1H3. The smallest absolute Gasteiger partial charge is 0.160 e. The van der Waals surface area contributed by atoms with E-state index in [1.807, 2.05) is 29.3 Å². The number of carbonyl (C=O) groups is 1. The molecule has 66 valence electrons. The van der Waals surface area contributed by atoms with Crippen molar-refractivity contribution in [1.82, 2.24) is 9.55 Å². The summed E-state index contributed by atoms with van der Waals surface area (Å²) < 4.78 is 1.93. The van der Waals surface area contributed by atoms with E-state index in [1.165, 1.54) is 11.3 Å². The molecule has 3 nitrogen and oxygen atoms in total. The Morgan fingerprint density at radius 1 is 1.62 bits per heavy atom. The predicted molar refractivity (Wildman–Crippen MR) is 51.9 cm³/mol. The van der Waals surface area contributed by atoms with Crippen molar-refractivity contribution >= 4 is 17.6 Å². The Labute approximate surface area is 79.7 Å². The number of thiophene rings is 1. The molecule has 0 fully saturated rings. The van der Waals surface area contributed by atoms with Gasteiger partial charge in [-0.3, -0.25) is 4.79 Å². The van der Waals surface area contributed by atoms with Crippen LogP contribution in [0.2, 0.25) is 0 Å². The first kappa shape index (κ1) is 8.19. The first-order valence-corrected chi connectivity index (χ1v) is 4.70. The number of aromatic nitrogens is 2. The molecule has 13 heavy (non-hydrogen) atoms. The third-order valence-corrected chi connectivity index (χ3v) is 2.67. The lowest BCUT2D eigenvalue weighted by Crippen LogP contribution is -1.88. The maximum atomic E-state index is 10.5. The topological polar surface area (TPSA) is 34.9 Å². The van der Waals surface area contributed by atoms with Crippen LogP contribution in [0, 0.1) is 0 Å². The Bertz CT molecular complexity index is 430. The second kappa shape index (κ2) is 3.14. The number of aryl methyl sites for hydroxylation is 1. The minimum atomic E-state index is 0.734. The average Bonchev–Trinajstić information content (AvgIpc) is 2.71. The number of hydrogen-bond donors (Lipinski definition) is 0. The van der Waals surface area contributed by atoms with E-state index in [0.717, 1.165) is 22.6 Å². The molecule has 2 heterocycles. The van der Waals surface area contributed by atoms with Gasteiger partial charge in [0.2, 0.25) is 0 Å². The van der Waals surface area contributed by atoms with Gasteiger partial charge in [0.05, 0.1) is 4.88 Å². The molecule has 0 saturated carbocycles. The highest BCUT2D eigenvalue weighted by Gasteiger charge is 2.05. The third-order valence-electron chi connectivity index (χ3n) is 1.82. The molecule has 2 rings (SSSR count). The van der Waals surface area contributed by atoms with Crippen LogP contribution in [-0.4, -0.2) is 15.8 Å². The fraction of sp³-hybridized carbons (Fsp3) is 0.111. The third kappa shape index (κ3) is 1.40. The highest BCUT2D eigenvalue weighted by molar-refractivity contribution is 7.12. The van der Waals surface area contributed by atoms with E-state index in [4.69, 9.17) is 0 Å². The molecule has 0 aliphatic carbocycles. The Morgan fingerprint density at radius 2 is 2.46 bits per heavy atom. The van der Waals surface area contributed by atoms with Crippen molar-refractivity contribution in [1.29, 1.82) is 0 Å². The SMILES string of the molecule is Cn1ccnc1-c1csc(C=O)c1. The summed E-state index contributed by atoms with van der Waals surface area (Å²) >= 11 is 1.44. The molecule has 0 unspecified atom stereocenters. The van der Waals surface area contributed by atoms with E-state index >= 15 is 0 Å². The van der Waals surface area contributed by atoms with Gasteiger partial charge in [0.15, 0.2) is 6.29 Å². The van der Waals surface area contributed by atoms with Crippen molar-refractivity contribution in [3.63, 3.8) is 0 Å². The lowest BCUT2D eigenvalue weighted by atomic mass is 10.3. The summed E-state index contributed by atoms with van der Waals surface area (Å²) in [5.41, 5.74) is 1.000. The van der Waals surface area contributed by atoms with Crippen LogP contribution < -0.4 is 0 Å². The van der Waals surface area contributed by atoms with Gasteiger partial charge in [0.25, 0.3) is 0 Å². The maximum Gasteiger partial charge on any atom is 0.160 e. The lowest BCUT2D eigenvalue weighted by Gasteiger charge is -1.95. The van der Waals surface area contributed by atoms with Crippen LogP contribution in [0.25, 0.3) is 11.4 Å². The van der Waals surface area contributed by atoms with Crippen molar-refractivity contribution < 1.29 is 4.79 Å². The molecule has 0 saturated heterocycles. The minimum Gasteiger partial charge on any atom is -0.334 e. The number of imidazole rings is 1. The zero-order chi connectivity index (χ0) is 9.26. The second-order valence-electron chi connectivity index (χ2n) is 2.72. The lowest BCUT2D eigenvalue weighted by molar-refractivity contribution is 0.112. The minimum absolute atomic E-state index is 0.734. The summed E-state index contributed by atoms with van der Waals surface area (Å²) in [5.74, 6) is 0.893. The number of nitrogens with zero attached hydrogens (tertiary/aromatic N) is 2. The second-order valence-corrected chi connectivity index (χ2v) is 3.66. The summed E-state index contributed by atoms with van der Waals surface area (Å²) in [4.78, 5) is 15.4. The van der Waals surface area contributed by atoms with E-state index in [9.17, 15) is 4.79 Å². The number of aldehydes is 1. The van der Waals surface area contributed by atoms with Crippen molar-refractivity contribution in [3.8, 4) is 11.4 Å². The van der Waals surface area contributed by atoms with Gasteiger partial charge in [0, 0.05) is 30.4 Å². The van der Waals surface area contributed by atoms with Crippen LogP contribution in [0.15, 0.2) is 23.8 Å². The van der Waals surface area contributed by atoms with Crippen LogP contribution in [0.4, 0.5) is 0 Å². The maximum absolute atomic E-state index is 10.5.